The normalized spacial score (nSPS) is 10.4. The van der Waals surface area contributed by atoms with E-state index in [1.165, 1.54) is 12.1 Å². The molecule has 2 rings (SSSR count). The quantitative estimate of drug-likeness (QED) is 0.779. The van der Waals surface area contributed by atoms with Gasteiger partial charge in [0.25, 0.3) is 0 Å². The zero-order valence-corrected chi connectivity index (χ0v) is 11.6. The van der Waals surface area contributed by atoms with Gasteiger partial charge in [0.2, 0.25) is 5.78 Å². The molecule has 0 radical (unpaired) electrons. The smallest absolute Gasteiger partial charge is 0.203 e. The summed E-state index contributed by atoms with van der Waals surface area (Å²) in [7, 11) is 0. The molecule has 0 N–H and O–H groups in total. The molecule has 0 aliphatic carbocycles. The molecule has 0 aliphatic rings. The fourth-order valence-electron chi connectivity index (χ4n) is 1.52. The lowest BCUT2D eigenvalue weighted by Crippen LogP contribution is -2.14. The van der Waals surface area contributed by atoms with Gasteiger partial charge < -0.3 is 4.74 Å². The van der Waals surface area contributed by atoms with E-state index >= 15 is 0 Å². The van der Waals surface area contributed by atoms with Crippen LogP contribution in [0, 0.1) is 17.5 Å². The second-order valence-corrected chi connectivity index (χ2v) is 4.83. The Morgan fingerprint density at radius 1 is 1.05 bits per heavy atom. The van der Waals surface area contributed by atoms with Crippen molar-refractivity contribution in [3.8, 4) is 5.75 Å². The van der Waals surface area contributed by atoms with Gasteiger partial charge in [0.1, 0.15) is 11.6 Å². The van der Waals surface area contributed by atoms with E-state index in [4.69, 9.17) is 4.74 Å². The molecule has 0 spiro atoms. The van der Waals surface area contributed by atoms with Crippen molar-refractivity contribution in [1.29, 1.82) is 0 Å². The number of rotatable bonds is 4. The molecular formula is C14H8BrF3O2. The van der Waals surface area contributed by atoms with Crippen molar-refractivity contribution in [2.75, 3.05) is 6.61 Å². The minimum Gasteiger partial charge on any atom is -0.482 e. The molecule has 104 valence electrons. The Kier molecular flexibility index (Phi) is 4.44. The monoisotopic (exact) mass is 344 g/mol. The van der Waals surface area contributed by atoms with Gasteiger partial charge in [-0.1, -0.05) is 15.9 Å². The van der Waals surface area contributed by atoms with E-state index in [1.54, 1.807) is 0 Å². The summed E-state index contributed by atoms with van der Waals surface area (Å²) in [5, 5.41) is 0. The molecule has 2 nitrogen and oxygen atoms in total. The van der Waals surface area contributed by atoms with Crippen LogP contribution in [0.2, 0.25) is 0 Å². The zero-order valence-electron chi connectivity index (χ0n) is 10.00. The first-order valence-corrected chi connectivity index (χ1v) is 6.33. The lowest BCUT2D eigenvalue weighted by molar-refractivity contribution is 0.0914. The SMILES string of the molecule is O=C(COc1cc(Br)ccc1F)c1cc(F)ccc1F. The van der Waals surface area contributed by atoms with Crippen molar-refractivity contribution >= 4 is 21.7 Å². The molecule has 0 atom stereocenters. The van der Waals surface area contributed by atoms with Gasteiger partial charge in [0.15, 0.2) is 18.2 Å². The lowest BCUT2D eigenvalue weighted by Gasteiger charge is -2.07. The molecule has 0 fully saturated rings. The molecule has 0 bridgehead atoms. The van der Waals surface area contributed by atoms with E-state index in [1.807, 2.05) is 0 Å². The highest BCUT2D eigenvalue weighted by molar-refractivity contribution is 9.10. The third-order valence-electron chi connectivity index (χ3n) is 2.48. The number of Topliss-reactive ketones (excluding diaryl/α,β-unsaturated/α-hetero) is 1. The first-order chi connectivity index (χ1) is 9.47. The van der Waals surface area contributed by atoms with Crippen LogP contribution in [0.25, 0.3) is 0 Å². The van der Waals surface area contributed by atoms with Gasteiger partial charge in [-0.05, 0) is 36.4 Å². The maximum Gasteiger partial charge on any atom is 0.203 e. The molecule has 6 heteroatoms. The first kappa shape index (κ1) is 14.6. The standard InChI is InChI=1S/C14H8BrF3O2/c15-8-1-3-12(18)14(5-8)20-7-13(19)10-6-9(16)2-4-11(10)17/h1-6H,7H2. The van der Waals surface area contributed by atoms with Gasteiger partial charge in [-0.15, -0.1) is 0 Å². The summed E-state index contributed by atoms with van der Waals surface area (Å²) in [5.74, 6) is -3.16. The summed E-state index contributed by atoms with van der Waals surface area (Å²) in [4.78, 5) is 11.7. The van der Waals surface area contributed by atoms with Gasteiger partial charge in [-0.25, -0.2) is 13.2 Å². The van der Waals surface area contributed by atoms with E-state index in [9.17, 15) is 18.0 Å². The van der Waals surface area contributed by atoms with Crippen LogP contribution in [-0.2, 0) is 0 Å². The van der Waals surface area contributed by atoms with Gasteiger partial charge in [-0.2, -0.15) is 0 Å². The number of carbonyl (C=O) groups is 1. The molecule has 0 heterocycles. The number of carbonyl (C=O) groups excluding carboxylic acids is 1. The second-order valence-electron chi connectivity index (χ2n) is 3.91. The van der Waals surface area contributed by atoms with Gasteiger partial charge in [0.05, 0.1) is 5.56 Å². The fraction of sp³-hybridized carbons (Fsp3) is 0.0714. The van der Waals surface area contributed by atoms with E-state index in [0.29, 0.717) is 4.47 Å². The Hall–Kier alpha value is -1.82. The van der Waals surface area contributed by atoms with Crippen molar-refractivity contribution in [1.82, 2.24) is 0 Å². The van der Waals surface area contributed by atoms with Crippen LogP contribution in [0.5, 0.6) is 5.75 Å². The van der Waals surface area contributed by atoms with Crippen LogP contribution in [0.3, 0.4) is 0 Å². The van der Waals surface area contributed by atoms with Crippen LogP contribution >= 0.6 is 15.9 Å². The van der Waals surface area contributed by atoms with E-state index in [2.05, 4.69) is 15.9 Å². The Balaban J connectivity index is 2.12. The molecule has 20 heavy (non-hydrogen) atoms. The average molecular weight is 345 g/mol. The molecule has 0 saturated heterocycles. The summed E-state index contributed by atoms with van der Waals surface area (Å²) < 4.78 is 45.3. The van der Waals surface area contributed by atoms with Crippen LogP contribution in [0.4, 0.5) is 13.2 Å². The maximum absolute atomic E-state index is 13.4. The summed E-state index contributed by atoms with van der Waals surface area (Å²) in [6.07, 6.45) is 0. The van der Waals surface area contributed by atoms with Crippen LogP contribution < -0.4 is 4.74 Å². The predicted octanol–water partition coefficient (Wildman–Crippen LogP) is 4.13. The maximum atomic E-state index is 13.4. The van der Waals surface area contributed by atoms with E-state index in [0.717, 1.165) is 24.3 Å². The molecule has 2 aromatic carbocycles. The topological polar surface area (TPSA) is 26.3 Å². The van der Waals surface area contributed by atoms with Gasteiger partial charge >= 0.3 is 0 Å². The zero-order chi connectivity index (χ0) is 14.7. The molecule has 0 aromatic heterocycles. The summed E-state index contributed by atoms with van der Waals surface area (Å²) in [6, 6.07) is 6.49. The number of halogens is 4. The van der Waals surface area contributed by atoms with E-state index in [-0.39, 0.29) is 5.75 Å². The summed E-state index contributed by atoms with van der Waals surface area (Å²) in [5.41, 5.74) is -0.430. The van der Waals surface area contributed by atoms with Crippen molar-refractivity contribution in [2.24, 2.45) is 0 Å². The average Bonchev–Trinajstić information content (AvgIpc) is 2.42. The Bertz CT molecular complexity index is 659. The molecule has 2 aromatic rings. The highest BCUT2D eigenvalue weighted by atomic mass is 79.9. The van der Waals surface area contributed by atoms with Gasteiger partial charge in [-0.3, -0.25) is 4.79 Å². The number of ketones is 1. The highest BCUT2D eigenvalue weighted by Gasteiger charge is 2.14. The number of hydrogen-bond donors (Lipinski definition) is 0. The molecule has 0 aliphatic heterocycles. The fourth-order valence-corrected chi connectivity index (χ4v) is 1.86. The minimum atomic E-state index is -0.852. The minimum absolute atomic E-state index is 0.149. The van der Waals surface area contributed by atoms with Crippen molar-refractivity contribution in [2.45, 2.75) is 0 Å². The first-order valence-electron chi connectivity index (χ1n) is 5.53. The van der Waals surface area contributed by atoms with Crippen molar-refractivity contribution < 1.29 is 22.7 Å². The Morgan fingerprint density at radius 2 is 1.75 bits per heavy atom. The van der Waals surface area contributed by atoms with Crippen LogP contribution in [0.15, 0.2) is 40.9 Å². The van der Waals surface area contributed by atoms with Crippen LogP contribution in [0.1, 0.15) is 10.4 Å². The lowest BCUT2D eigenvalue weighted by atomic mass is 10.1. The molecular weight excluding hydrogens is 337 g/mol. The largest absolute Gasteiger partial charge is 0.482 e. The third-order valence-corrected chi connectivity index (χ3v) is 2.97. The second kappa shape index (κ2) is 6.09. The van der Waals surface area contributed by atoms with E-state index < -0.39 is 35.4 Å². The molecule has 0 saturated carbocycles. The highest BCUT2D eigenvalue weighted by Crippen LogP contribution is 2.22. The number of ether oxygens (including phenoxy) is 1. The molecule has 0 unspecified atom stereocenters. The summed E-state index contributed by atoms with van der Waals surface area (Å²) >= 11 is 3.13. The van der Waals surface area contributed by atoms with Crippen molar-refractivity contribution in [3.63, 3.8) is 0 Å². The van der Waals surface area contributed by atoms with Gasteiger partial charge in [0, 0.05) is 4.47 Å². The number of benzene rings is 2. The summed E-state index contributed by atoms with van der Waals surface area (Å²) in [6.45, 7) is -0.590. The Labute approximate surface area is 121 Å². The van der Waals surface area contributed by atoms with Crippen LogP contribution in [-0.4, -0.2) is 12.4 Å². The number of hydrogen-bond acceptors (Lipinski definition) is 2. The predicted molar refractivity (Wildman–Crippen MR) is 70.3 cm³/mol. The Morgan fingerprint density at radius 3 is 2.50 bits per heavy atom. The van der Waals surface area contributed by atoms with Crippen molar-refractivity contribution in [3.05, 3.63) is 63.9 Å². The third kappa shape index (κ3) is 3.39. The molecule has 0 amide bonds.